The predicted molar refractivity (Wildman–Crippen MR) is 77.5 cm³/mol. The van der Waals surface area contributed by atoms with Crippen LogP contribution in [0.25, 0.3) is 0 Å². The van der Waals surface area contributed by atoms with Crippen LogP contribution in [0.4, 0.5) is 15.8 Å². The number of rotatable bonds is 3. The van der Waals surface area contributed by atoms with E-state index in [1.165, 1.54) is 24.3 Å². The van der Waals surface area contributed by atoms with Gasteiger partial charge in [0.2, 0.25) is 5.82 Å². The largest absolute Gasteiger partial charge is 0.322 e. The molecule has 1 N–H and O–H groups in total. The molecule has 0 aliphatic heterocycles. The highest BCUT2D eigenvalue weighted by molar-refractivity contribution is 6.35. The molecule has 0 fully saturated rings. The Morgan fingerprint density at radius 3 is 2.33 bits per heavy atom. The predicted octanol–water partition coefficient (Wildman–Crippen LogP) is 4.29. The molecule has 21 heavy (non-hydrogen) atoms. The third kappa shape index (κ3) is 3.68. The summed E-state index contributed by atoms with van der Waals surface area (Å²) >= 11 is 11.6. The number of nitro benzene ring substituents is 1. The van der Waals surface area contributed by atoms with Crippen LogP contribution in [-0.2, 0) is 0 Å². The Labute approximate surface area is 128 Å². The van der Waals surface area contributed by atoms with Crippen molar-refractivity contribution in [3.05, 3.63) is 67.9 Å². The molecule has 0 aliphatic rings. The molecule has 0 saturated carbocycles. The fourth-order valence-corrected chi connectivity index (χ4v) is 2.14. The van der Waals surface area contributed by atoms with Crippen LogP contribution in [-0.4, -0.2) is 10.8 Å². The van der Waals surface area contributed by atoms with E-state index in [1.54, 1.807) is 0 Å². The van der Waals surface area contributed by atoms with Gasteiger partial charge in [0.15, 0.2) is 0 Å². The zero-order valence-corrected chi connectivity index (χ0v) is 11.8. The molecule has 1 amide bonds. The van der Waals surface area contributed by atoms with Gasteiger partial charge in [-0.1, -0.05) is 23.2 Å². The molecule has 0 heterocycles. The fourth-order valence-electron chi connectivity index (χ4n) is 1.62. The highest BCUT2D eigenvalue weighted by atomic mass is 35.5. The molecule has 0 spiro atoms. The summed E-state index contributed by atoms with van der Waals surface area (Å²) < 4.78 is 13.2. The Bertz CT molecular complexity index is 717. The quantitative estimate of drug-likeness (QED) is 0.674. The Kier molecular flexibility index (Phi) is 4.40. The minimum absolute atomic E-state index is 0.0872. The lowest BCUT2D eigenvalue weighted by atomic mass is 10.2. The van der Waals surface area contributed by atoms with Crippen molar-refractivity contribution >= 4 is 40.5 Å². The maximum absolute atomic E-state index is 13.2. The number of benzene rings is 2. The zero-order valence-electron chi connectivity index (χ0n) is 10.3. The van der Waals surface area contributed by atoms with Crippen LogP contribution < -0.4 is 5.32 Å². The Morgan fingerprint density at radius 1 is 1.14 bits per heavy atom. The first-order valence-electron chi connectivity index (χ1n) is 5.58. The number of nitrogens with one attached hydrogen (secondary N) is 1. The second-order valence-electron chi connectivity index (χ2n) is 4.04. The van der Waals surface area contributed by atoms with Crippen molar-refractivity contribution in [1.82, 2.24) is 0 Å². The number of carbonyl (C=O) groups excluding carboxylic acids is 1. The smallest absolute Gasteiger partial charge is 0.306 e. The molecule has 2 aromatic carbocycles. The molecule has 0 aromatic heterocycles. The second-order valence-corrected chi connectivity index (χ2v) is 4.91. The van der Waals surface area contributed by atoms with Gasteiger partial charge < -0.3 is 5.32 Å². The van der Waals surface area contributed by atoms with E-state index in [4.69, 9.17) is 23.2 Å². The summed E-state index contributed by atoms with van der Waals surface area (Å²) in [6.07, 6.45) is 0. The average molecular weight is 329 g/mol. The first-order valence-corrected chi connectivity index (χ1v) is 6.34. The van der Waals surface area contributed by atoms with Gasteiger partial charge in [-0.05, 0) is 30.3 Å². The molecule has 8 heteroatoms. The van der Waals surface area contributed by atoms with Gasteiger partial charge in [0.05, 0.1) is 4.92 Å². The van der Waals surface area contributed by atoms with Gasteiger partial charge in [0.1, 0.15) is 0 Å². The Balaban J connectivity index is 2.27. The summed E-state index contributed by atoms with van der Waals surface area (Å²) in [7, 11) is 0. The fraction of sp³-hybridized carbons (Fsp3) is 0. The molecular formula is C13H7Cl2FN2O3. The molecular weight excluding hydrogens is 322 g/mol. The van der Waals surface area contributed by atoms with Gasteiger partial charge in [-0.3, -0.25) is 14.9 Å². The minimum Gasteiger partial charge on any atom is -0.322 e. The molecule has 2 aromatic rings. The van der Waals surface area contributed by atoms with Gasteiger partial charge in [-0.2, -0.15) is 4.39 Å². The van der Waals surface area contributed by atoms with Crippen molar-refractivity contribution in [3.8, 4) is 0 Å². The Morgan fingerprint density at radius 2 is 1.76 bits per heavy atom. The van der Waals surface area contributed by atoms with Crippen molar-refractivity contribution < 1.29 is 14.1 Å². The summed E-state index contributed by atoms with van der Waals surface area (Å²) in [4.78, 5) is 21.8. The van der Waals surface area contributed by atoms with Crippen molar-refractivity contribution in [2.24, 2.45) is 0 Å². The van der Waals surface area contributed by atoms with Gasteiger partial charge in [0, 0.05) is 27.4 Å². The molecule has 0 atom stereocenters. The highest BCUT2D eigenvalue weighted by Crippen LogP contribution is 2.23. The summed E-state index contributed by atoms with van der Waals surface area (Å²) in [5.41, 5.74) is -0.458. The van der Waals surface area contributed by atoms with Crippen LogP contribution in [0.3, 0.4) is 0 Å². The summed E-state index contributed by atoms with van der Waals surface area (Å²) in [5, 5.41) is 13.6. The van der Waals surface area contributed by atoms with E-state index in [0.29, 0.717) is 0 Å². The minimum atomic E-state index is -0.983. The average Bonchev–Trinajstić information content (AvgIpc) is 2.39. The third-order valence-corrected chi connectivity index (χ3v) is 2.96. The molecule has 0 bridgehead atoms. The number of amides is 1. The van der Waals surface area contributed by atoms with E-state index >= 15 is 0 Å². The monoisotopic (exact) mass is 328 g/mol. The number of hydrogen-bond donors (Lipinski definition) is 1. The summed E-state index contributed by atoms with van der Waals surface area (Å²) in [6, 6.07) is 7.29. The van der Waals surface area contributed by atoms with E-state index < -0.39 is 22.3 Å². The van der Waals surface area contributed by atoms with Crippen LogP contribution in [0.1, 0.15) is 10.4 Å². The lowest BCUT2D eigenvalue weighted by Gasteiger charge is -2.06. The highest BCUT2D eigenvalue weighted by Gasteiger charge is 2.16. The Hall–Kier alpha value is -2.18. The number of carbonyl (C=O) groups is 1. The molecule has 0 unspecified atom stereocenters. The van der Waals surface area contributed by atoms with Crippen molar-refractivity contribution in [2.45, 2.75) is 0 Å². The van der Waals surface area contributed by atoms with Crippen LogP contribution in [0.5, 0.6) is 0 Å². The molecule has 0 aliphatic carbocycles. The summed E-state index contributed by atoms with van der Waals surface area (Å²) in [5.74, 6) is -1.55. The van der Waals surface area contributed by atoms with E-state index in [-0.39, 0.29) is 21.3 Å². The van der Waals surface area contributed by atoms with E-state index in [1.807, 2.05) is 0 Å². The maximum Gasteiger partial charge on any atom is 0.306 e. The number of halogens is 3. The topological polar surface area (TPSA) is 72.2 Å². The van der Waals surface area contributed by atoms with Crippen molar-refractivity contribution in [2.75, 3.05) is 5.32 Å². The third-order valence-electron chi connectivity index (χ3n) is 2.53. The zero-order chi connectivity index (χ0) is 15.6. The van der Waals surface area contributed by atoms with E-state index in [9.17, 15) is 19.3 Å². The van der Waals surface area contributed by atoms with E-state index in [2.05, 4.69) is 5.32 Å². The van der Waals surface area contributed by atoms with Gasteiger partial charge in [-0.25, -0.2) is 0 Å². The normalized spacial score (nSPS) is 10.2. The van der Waals surface area contributed by atoms with E-state index in [0.717, 1.165) is 12.1 Å². The maximum atomic E-state index is 13.2. The number of nitro groups is 1. The second kappa shape index (κ2) is 6.07. The molecule has 108 valence electrons. The number of anilines is 1. The van der Waals surface area contributed by atoms with Gasteiger partial charge in [-0.15, -0.1) is 0 Å². The van der Waals surface area contributed by atoms with Crippen LogP contribution in [0.15, 0.2) is 36.4 Å². The summed E-state index contributed by atoms with van der Waals surface area (Å²) in [6.45, 7) is 0. The van der Waals surface area contributed by atoms with Crippen LogP contribution in [0.2, 0.25) is 10.0 Å². The molecule has 0 saturated heterocycles. The van der Waals surface area contributed by atoms with Crippen molar-refractivity contribution in [1.29, 1.82) is 0 Å². The standard InChI is InChI=1S/C13H7Cl2FN2O3/c14-8-3-7(4-9(15)5-8)13(19)17-10-1-2-11(16)12(6-10)18(20)21/h1-6H,(H,17,19). The van der Waals surface area contributed by atoms with Gasteiger partial charge >= 0.3 is 5.69 Å². The molecule has 0 radical (unpaired) electrons. The van der Waals surface area contributed by atoms with Crippen LogP contribution in [0, 0.1) is 15.9 Å². The first-order chi connectivity index (χ1) is 9.86. The van der Waals surface area contributed by atoms with Gasteiger partial charge in [0.25, 0.3) is 5.91 Å². The lowest BCUT2D eigenvalue weighted by molar-refractivity contribution is -0.387. The van der Waals surface area contributed by atoms with Crippen molar-refractivity contribution in [3.63, 3.8) is 0 Å². The van der Waals surface area contributed by atoms with Crippen LogP contribution >= 0.6 is 23.2 Å². The first kappa shape index (κ1) is 15.2. The molecule has 2 rings (SSSR count). The molecule has 5 nitrogen and oxygen atoms in total. The number of hydrogen-bond acceptors (Lipinski definition) is 3. The number of nitrogens with zero attached hydrogens (tertiary/aromatic N) is 1. The SMILES string of the molecule is O=C(Nc1ccc(F)c([N+](=O)[O-])c1)c1cc(Cl)cc(Cl)c1. The lowest BCUT2D eigenvalue weighted by Crippen LogP contribution is -2.12.